The third kappa shape index (κ3) is 6.40. The predicted molar refractivity (Wildman–Crippen MR) is 99.2 cm³/mol. The SMILES string of the molecule is CCCN1CCC(NC(=NCc2cccc(Cl)c2)NCC)CC1. The highest BCUT2D eigenvalue weighted by atomic mass is 35.5. The number of nitrogens with one attached hydrogen (secondary N) is 2. The van der Waals surface area contributed by atoms with Crippen molar-refractivity contribution in [2.75, 3.05) is 26.2 Å². The van der Waals surface area contributed by atoms with Crippen LogP contribution in [0.15, 0.2) is 29.3 Å². The number of aliphatic imine (C=N–C) groups is 1. The predicted octanol–water partition coefficient (Wildman–Crippen LogP) is 3.27. The van der Waals surface area contributed by atoms with Crippen molar-refractivity contribution >= 4 is 17.6 Å². The number of halogens is 1. The van der Waals surface area contributed by atoms with Gasteiger partial charge in [0.25, 0.3) is 0 Å². The van der Waals surface area contributed by atoms with Crippen LogP contribution in [0.4, 0.5) is 0 Å². The molecule has 1 heterocycles. The van der Waals surface area contributed by atoms with Crippen molar-refractivity contribution in [2.45, 2.75) is 45.7 Å². The summed E-state index contributed by atoms with van der Waals surface area (Å²) in [6, 6.07) is 8.40. The largest absolute Gasteiger partial charge is 0.357 e. The molecule has 0 saturated carbocycles. The highest BCUT2D eigenvalue weighted by Gasteiger charge is 2.19. The van der Waals surface area contributed by atoms with E-state index in [9.17, 15) is 0 Å². The molecule has 1 aliphatic rings. The average Bonchev–Trinajstić information content (AvgIpc) is 2.55. The summed E-state index contributed by atoms with van der Waals surface area (Å²) in [5.41, 5.74) is 1.13. The molecule has 4 nitrogen and oxygen atoms in total. The monoisotopic (exact) mass is 336 g/mol. The maximum atomic E-state index is 6.03. The molecule has 1 aromatic carbocycles. The van der Waals surface area contributed by atoms with E-state index in [2.05, 4.69) is 35.4 Å². The van der Waals surface area contributed by atoms with Gasteiger partial charge in [-0.05, 0) is 50.4 Å². The molecule has 0 amide bonds. The Labute approximate surface area is 145 Å². The van der Waals surface area contributed by atoms with Gasteiger partial charge in [0.05, 0.1) is 6.54 Å². The summed E-state index contributed by atoms with van der Waals surface area (Å²) in [6.07, 6.45) is 3.60. The topological polar surface area (TPSA) is 39.7 Å². The first-order valence-electron chi connectivity index (χ1n) is 8.73. The fourth-order valence-corrected chi connectivity index (χ4v) is 3.15. The summed E-state index contributed by atoms with van der Waals surface area (Å²) in [6.45, 7) is 9.44. The second kappa shape index (κ2) is 9.78. The Hall–Kier alpha value is -1.26. The van der Waals surface area contributed by atoms with Gasteiger partial charge in [0, 0.05) is 30.7 Å². The van der Waals surface area contributed by atoms with Gasteiger partial charge in [-0.1, -0.05) is 30.7 Å². The Morgan fingerprint density at radius 1 is 1.30 bits per heavy atom. The number of hydrogen-bond donors (Lipinski definition) is 2. The van der Waals surface area contributed by atoms with E-state index in [0.29, 0.717) is 12.6 Å². The molecule has 0 bridgehead atoms. The molecule has 0 aromatic heterocycles. The Bertz CT molecular complexity index is 496. The van der Waals surface area contributed by atoms with Crippen molar-refractivity contribution in [1.29, 1.82) is 0 Å². The van der Waals surface area contributed by atoms with E-state index >= 15 is 0 Å². The smallest absolute Gasteiger partial charge is 0.191 e. The van der Waals surface area contributed by atoms with Crippen molar-refractivity contribution < 1.29 is 0 Å². The van der Waals surface area contributed by atoms with Gasteiger partial charge < -0.3 is 15.5 Å². The summed E-state index contributed by atoms with van der Waals surface area (Å²) in [5, 5.41) is 7.69. The second-order valence-electron chi connectivity index (χ2n) is 6.09. The second-order valence-corrected chi connectivity index (χ2v) is 6.52. The van der Waals surface area contributed by atoms with E-state index in [0.717, 1.165) is 23.1 Å². The number of nitrogens with zero attached hydrogens (tertiary/aromatic N) is 2. The van der Waals surface area contributed by atoms with Gasteiger partial charge in [-0.2, -0.15) is 0 Å². The molecule has 5 heteroatoms. The van der Waals surface area contributed by atoms with Gasteiger partial charge >= 0.3 is 0 Å². The van der Waals surface area contributed by atoms with Gasteiger partial charge in [-0.3, -0.25) is 0 Å². The van der Waals surface area contributed by atoms with Crippen LogP contribution in [-0.2, 0) is 6.54 Å². The summed E-state index contributed by atoms with van der Waals surface area (Å²) >= 11 is 6.03. The average molecular weight is 337 g/mol. The van der Waals surface area contributed by atoms with Gasteiger partial charge in [0.1, 0.15) is 0 Å². The zero-order chi connectivity index (χ0) is 16.5. The summed E-state index contributed by atoms with van der Waals surface area (Å²) in [4.78, 5) is 7.25. The van der Waals surface area contributed by atoms with E-state index in [1.54, 1.807) is 0 Å². The molecule has 0 spiro atoms. The molecule has 23 heavy (non-hydrogen) atoms. The Kier molecular flexibility index (Phi) is 7.69. The fourth-order valence-electron chi connectivity index (χ4n) is 2.94. The molecule has 0 radical (unpaired) electrons. The molecular formula is C18H29ClN4. The summed E-state index contributed by atoms with van der Waals surface area (Å²) in [7, 11) is 0. The van der Waals surface area contributed by atoms with Crippen molar-refractivity contribution in [3.05, 3.63) is 34.9 Å². The van der Waals surface area contributed by atoms with Crippen LogP contribution in [0.25, 0.3) is 0 Å². The van der Waals surface area contributed by atoms with Crippen LogP contribution in [0.3, 0.4) is 0 Å². The van der Waals surface area contributed by atoms with Gasteiger partial charge in [-0.15, -0.1) is 0 Å². The number of likely N-dealkylation sites (tertiary alicyclic amines) is 1. The first-order valence-corrected chi connectivity index (χ1v) is 9.10. The van der Waals surface area contributed by atoms with E-state index in [4.69, 9.17) is 16.6 Å². The molecule has 1 fully saturated rings. The van der Waals surface area contributed by atoms with Crippen LogP contribution >= 0.6 is 11.6 Å². The third-order valence-electron chi connectivity index (χ3n) is 4.12. The molecule has 2 N–H and O–H groups in total. The van der Waals surface area contributed by atoms with Crippen LogP contribution < -0.4 is 10.6 Å². The van der Waals surface area contributed by atoms with E-state index in [1.807, 2.05) is 18.2 Å². The zero-order valence-corrected chi connectivity index (χ0v) is 15.1. The standard InChI is InChI=1S/C18H29ClN4/c1-3-10-23-11-8-17(9-12-23)22-18(20-4-2)21-14-15-6-5-7-16(19)13-15/h5-7,13,17H,3-4,8-12,14H2,1-2H3,(H2,20,21,22). The van der Waals surface area contributed by atoms with Crippen molar-refractivity contribution in [2.24, 2.45) is 4.99 Å². The first kappa shape index (κ1) is 18.1. The van der Waals surface area contributed by atoms with Crippen LogP contribution in [0.5, 0.6) is 0 Å². The zero-order valence-electron chi connectivity index (χ0n) is 14.3. The lowest BCUT2D eigenvalue weighted by atomic mass is 10.1. The summed E-state index contributed by atoms with van der Waals surface area (Å²) < 4.78 is 0. The molecule has 1 saturated heterocycles. The number of hydrogen-bond acceptors (Lipinski definition) is 2. The number of guanidine groups is 1. The van der Waals surface area contributed by atoms with Crippen LogP contribution in [-0.4, -0.2) is 43.1 Å². The van der Waals surface area contributed by atoms with Crippen LogP contribution in [0.1, 0.15) is 38.7 Å². The number of benzene rings is 1. The molecule has 128 valence electrons. The summed E-state index contributed by atoms with van der Waals surface area (Å²) in [5.74, 6) is 0.904. The molecule has 1 aliphatic heterocycles. The van der Waals surface area contributed by atoms with Crippen molar-refractivity contribution in [3.8, 4) is 0 Å². The molecule has 0 unspecified atom stereocenters. The quantitative estimate of drug-likeness (QED) is 0.618. The van der Waals surface area contributed by atoms with Crippen molar-refractivity contribution in [3.63, 3.8) is 0 Å². The minimum Gasteiger partial charge on any atom is -0.357 e. The van der Waals surface area contributed by atoms with Crippen LogP contribution in [0, 0.1) is 0 Å². The lowest BCUT2D eigenvalue weighted by Gasteiger charge is -2.32. The third-order valence-corrected chi connectivity index (χ3v) is 4.36. The maximum absolute atomic E-state index is 6.03. The maximum Gasteiger partial charge on any atom is 0.191 e. The Morgan fingerprint density at radius 3 is 2.74 bits per heavy atom. The number of rotatable bonds is 6. The minimum absolute atomic E-state index is 0.514. The molecule has 2 rings (SSSR count). The molecule has 0 aliphatic carbocycles. The lowest BCUT2D eigenvalue weighted by molar-refractivity contribution is 0.206. The molecule has 0 atom stereocenters. The normalized spacial score (nSPS) is 17.3. The minimum atomic E-state index is 0.514. The highest BCUT2D eigenvalue weighted by Crippen LogP contribution is 2.12. The van der Waals surface area contributed by atoms with Gasteiger partial charge in [-0.25, -0.2) is 4.99 Å². The Balaban J connectivity index is 1.87. The van der Waals surface area contributed by atoms with E-state index < -0.39 is 0 Å². The molecule has 1 aromatic rings. The van der Waals surface area contributed by atoms with Gasteiger partial charge in [0.2, 0.25) is 0 Å². The number of piperidine rings is 1. The van der Waals surface area contributed by atoms with Crippen molar-refractivity contribution in [1.82, 2.24) is 15.5 Å². The highest BCUT2D eigenvalue weighted by molar-refractivity contribution is 6.30. The van der Waals surface area contributed by atoms with Crippen LogP contribution in [0.2, 0.25) is 5.02 Å². The first-order chi connectivity index (χ1) is 11.2. The molecular weight excluding hydrogens is 308 g/mol. The lowest BCUT2D eigenvalue weighted by Crippen LogP contribution is -2.48. The van der Waals surface area contributed by atoms with Gasteiger partial charge in [0.15, 0.2) is 5.96 Å². The fraction of sp³-hybridized carbons (Fsp3) is 0.611. The Morgan fingerprint density at radius 2 is 2.09 bits per heavy atom. The van der Waals surface area contributed by atoms with E-state index in [-0.39, 0.29) is 0 Å². The van der Waals surface area contributed by atoms with E-state index in [1.165, 1.54) is 38.9 Å².